The Morgan fingerprint density at radius 2 is 1.61 bits per heavy atom. The number of hydrogen-bond donors (Lipinski definition) is 1. The number of anilines is 1. The number of nitrogens with zero attached hydrogens (tertiary/aromatic N) is 2. The molecule has 0 aliphatic carbocycles. The third-order valence-corrected chi connectivity index (χ3v) is 3.67. The van der Waals surface area contributed by atoms with E-state index in [4.69, 9.17) is 0 Å². The van der Waals surface area contributed by atoms with Crippen molar-refractivity contribution >= 4 is 11.7 Å². The van der Waals surface area contributed by atoms with E-state index in [9.17, 15) is 4.79 Å². The van der Waals surface area contributed by atoms with Crippen molar-refractivity contribution in [2.75, 3.05) is 39.5 Å². The molecule has 0 aliphatic heterocycles. The Kier molecular flexibility index (Phi) is 6.18. The molecular weight excluding hydrogens is 286 g/mol. The zero-order valence-corrected chi connectivity index (χ0v) is 14.1. The maximum Gasteiger partial charge on any atom is 0.321 e. The van der Waals surface area contributed by atoms with E-state index in [1.165, 1.54) is 0 Å². The van der Waals surface area contributed by atoms with Crippen molar-refractivity contribution in [3.63, 3.8) is 0 Å². The lowest BCUT2D eigenvalue weighted by Gasteiger charge is -2.19. The van der Waals surface area contributed by atoms with E-state index in [0.29, 0.717) is 0 Å². The standard InChI is InChI=1S/C19H25N3O/c1-21(2)13-8-14-22(3)19(23)20-18-12-7-11-17(15-18)16-9-5-4-6-10-16/h4-7,9-12,15H,8,13-14H2,1-3H3,(H,20,23). The first-order valence-electron chi connectivity index (χ1n) is 7.88. The van der Waals surface area contributed by atoms with Gasteiger partial charge in [0.1, 0.15) is 0 Å². The molecule has 0 heterocycles. The molecule has 0 fully saturated rings. The number of urea groups is 1. The molecule has 0 atom stereocenters. The van der Waals surface area contributed by atoms with Gasteiger partial charge in [0.2, 0.25) is 0 Å². The fraction of sp³-hybridized carbons (Fsp3) is 0.316. The zero-order valence-electron chi connectivity index (χ0n) is 14.1. The van der Waals surface area contributed by atoms with Crippen LogP contribution in [-0.2, 0) is 0 Å². The van der Waals surface area contributed by atoms with Crippen LogP contribution in [0.4, 0.5) is 10.5 Å². The summed E-state index contributed by atoms with van der Waals surface area (Å²) < 4.78 is 0. The number of nitrogens with one attached hydrogen (secondary N) is 1. The summed E-state index contributed by atoms with van der Waals surface area (Å²) in [6.45, 7) is 1.71. The van der Waals surface area contributed by atoms with Crippen LogP contribution in [0.2, 0.25) is 0 Å². The number of hydrogen-bond acceptors (Lipinski definition) is 2. The van der Waals surface area contributed by atoms with Crippen LogP contribution in [0.1, 0.15) is 6.42 Å². The monoisotopic (exact) mass is 311 g/mol. The van der Waals surface area contributed by atoms with E-state index in [0.717, 1.165) is 36.3 Å². The average Bonchev–Trinajstić information content (AvgIpc) is 2.55. The first kappa shape index (κ1) is 17.0. The van der Waals surface area contributed by atoms with E-state index in [2.05, 4.69) is 22.3 Å². The van der Waals surface area contributed by atoms with Crippen LogP contribution >= 0.6 is 0 Å². The Balaban J connectivity index is 1.96. The first-order valence-corrected chi connectivity index (χ1v) is 7.88. The summed E-state index contributed by atoms with van der Waals surface area (Å²) in [5.74, 6) is 0. The highest BCUT2D eigenvalue weighted by atomic mass is 16.2. The number of amides is 2. The van der Waals surface area contributed by atoms with Gasteiger partial charge >= 0.3 is 6.03 Å². The van der Waals surface area contributed by atoms with Crippen LogP contribution in [0, 0.1) is 0 Å². The number of rotatable bonds is 6. The molecule has 0 unspecified atom stereocenters. The lowest BCUT2D eigenvalue weighted by molar-refractivity contribution is 0.220. The van der Waals surface area contributed by atoms with E-state index >= 15 is 0 Å². The minimum absolute atomic E-state index is 0.0750. The van der Waals surface area contributed by atoms with Gasteiger partial charge in [-0.05, 0) is 50.3 Å². The van der Waals surface area contributed by atoms with Crippen molar-refractivity contribution in [1.29, 1.82) is 0 Å². The lowest BCUT2D eigenvalue weighted by Crippen LogP contribution is -2.33. The van der Waals surface area contributed by atoms with E-state index in [-0.39, 0.29) is 6.03 Å². The predicted molar refractivity (Wildman–Crippen MR) is 96.7 cm³/mol. The van der Waals surface area contributed by atoms with Crippen molar-refractivity contribution in [2.24, 2.45) is 0 Å². The smallest absolute Gasteiger partial charge is 0.321 e. The highest BCUT2D eigenvalue weighted by Gasteiger charge is 2.09. The Labute approximate surface area is 138 Å². The van der Waals surface area contributed by atoms with Gasteiger partial charge in [-0.3, -0.25) is 0 Å². The predicted octanol–water partition coefficient (Wildman–Crippen LogP) is 3.77. The molecule has 1 N–H and O–H groups in total. The third kappa shape index (κ3) is 5.42. The van der Waals surface area contributed by atoms with Crippen LogP contribution < -0.4 is 5.32 Å². The summed E-state index contributed by atoms with van der Waals surface area (Å²) in [5, 5.41) is 2.96. The van der Waals surface area contributed by atoms with Crippen LogP contribution in [0.3, 0.4) is 0 Å². The average molecular weight is 311 g/mol. The van der Waals surface area contributed by atoms with Gasteiger partial charge in [0.05, 0.1) is 0 Å². The Morgan fingerprint density at radius 1 is 0.913 bits per heavy atom. The van der Waals surface area contributed by atoms with Gasteiger partial charge in [0, 0.05) is 19.3 Å². The quantitative estimate of drug-likeness (QED) is 0.881. The summed E-state index contributed by atoms with van der Waals surface area (Å²) in [4.78, 5) is 16.1. The Morgan fingerprint density at radius 3 is 2.30 bits per heavy atom. The van der Waals surface area contributed by atoms with Crippen LogP contribution in [0.15, 0.2) is 54.6 Å². The highest BCUT2D eigenvalue weighted by Crippen LogP contribution is 2.22. The number of benzene rings is 2. The first-order chi connectivity index (χ1) is 11.1. The maximum atomic E-state index is 12.2. The third-order valence-electron chi connectivity index (χ3n) is 3.67. The molecule has 0 spiro atoms. The molecule has 122 valence electrons. The second-order valence-corrected chi connectivity index (χ2v) is 5.96. The topological polar surface area (TPSA) is 35.6 Å². The van der Waals surface area contributed by atoms with E-state index in [1.54, 1.807) is 4.90 Å². The van der Waals surface area contributed by atoms with Crippen LogP contribution in [-0.4, -0.2) is 50.1 Å². The molecule has 23 heavy (non-hydrogen) atoms. The summed E-state index contributed by atoms with van der Waals surface area (Å²) in [6, 6.07) is 18.0. The molecule has 0 bridgehead atoms. The molecule has 0 saturated heterocycles. The molecule has 0 aliphatic rings. The van der Waals surface area contributed by atoms with Crippen molar-refractivity contribution in [1.82, 2.24) is 9.80 Å². The number of carbonyl (C=O) groups is 1. The van der Waals surface area contributed by atoms with Gasteiger partial charge in [0.15, 0.2) is 0 Å². The molecule has 2 amide bonds. The molecule has 0 radical (unpaired) electrons. The Hall–Kier alpha value is -2.33. The second kappa shape index (κ2) is 8.34. The van der Waals surface area contributed by atoms with Crippen LogP contribution in [0.25, 0.3) is 11.1 Å². The molecular formula is C19H25N3O. The largest absolute Gasteiger partial charge is 0.328 e. The molecule has 2 aromatic rings. The zero-order chi connectivity index (χ0) is 16.7. The van der Waals surface area contributed by atoms with Gasteiger partial charge in [-0.15, -0.1) is 0 Å². The maximum absolute atomic E-state index is 12.2. The summed E-state index contributed by atoms with van der Waals surface area (Å²) >= 11 is 0. The van der Waals surface area contributed by atoms with Gasteiger partial charge in [0.25, 0.3) is 0 Å². The van der Waals surface area contributed by atoms with Gasteiger partial charge < -0.3 is 15.1 Å². The molecule has 0 saturated carbocycles. The Bertz CT molecular complexity index is 626. The summed E-state index contributed by atoms with van der Waals surface area (Å²) in [5.41, 5.74) is 3.05. The van der Waals surface area contributed by atoms with Crippen LogP contribution in [0.5, 0.6) is 0 Å². The lowest BCUT2D eigenvalue weighted by atomic mass is 10.1. The fourth-order valence-corrected chi connectivity index (χ4v) is 2.35. The second-order valence-electron chi connectivity index (χ2n) is 5.96. The minimum Gasteiger partial charge on any atom is -0.328 e. The normalized spacial score (nSPS) is 10.6. The number of carbonyl (C=O) groups excluding carboxylic acids is 1. The highest BCUT2D eigenvalue weighted by molar-refractivity contribution is 5.90. The molecule has 0 aromatic heterocycles. The summed E-state index contributed by atoms with van der Waals surface area (Å²) in [7, 11) is 5.90. The van der Waals surface area contributed by atoms with Crippen molar-refractivity contribution in [3.05, 3.63) is 54.6 Å². The SMILES string of the molecule is CN(C)CCCN(C)C(=O)Nc1cccc(-c2ccccc2)c1. The van der Waals surface area contributed by atoms with E-state index < -0.39 is 0 Å². The fourth-order valence-electron chi connectivity index (χ4n) is 2.35. The van der Waals surface area contributed by atoms with Crippen molar-refractivity contribution < 1.29 is 4.79 Å². The summed E-state index contributed by atoms with van der Waals surface area (Å²) in [6.07, 6.45) is 0.959. The van der Waals surface area contributed by atoms with Crippen molar-refractivity contribution in [3.8, 4) is 11.1 Å². The minimum atomic E-state index is -0.0750. The van der Waals surface area contributed by atoms with Gasteiger partial charge in [-0.1, -0.05) is 42.5 Å². The van der Waals surface area contributed by atoms with Crippen molar-refractivity contribution in [2.45, 2.75) is 6.42 Å². The van der Waals surface area contributed by atoms with Gasteiger partial charge in [-0.2, -0.15) is 0 Å². The molecule has 4 heteroatoms. The van der Waals surface area contributed by atoms with E-state index in [1.807, 2.05) is 63.6 Å². The molecule has 2 rings (SSSR count). The molecule has 2 aromatic carbocycles. The van der Waals surface area contributed by atoms with Gasteiger partial charge in [-0.25, -0.2) is 4.79 Å². The molecule has 4 nitrogen and oxygen atoms in total.